The molecule has 0 heterocycles. The topological polar surface area (TPSA) is 134 Å². The second-order valence-electron chi connectivity index (χ2n) is 7.96. The number of nitrogens with one attached hydrogen (secondary N) is 2. The first-order valence-corrected chi connectivity index (χ1v) is 10.7. The Bertz CT molecular complexity index is 960. The van der Waals surface area contributed by atoms with Crippen molar-refractivity contribution in [2.45, 2.75) is 38.1 Å². The first-order valence-electron chi connectivity index (χ1n) is 10.7. The Balaban J connectivity index is 1.70. The molecule has 0 aliphatic heterocycles. The van der Waals surface area contributed by atoms with Crippen LogP contribution in [0, 0.1) is 11.8 Å². The summed E-state index contributed by atoms with van der Waals surface area (Å²) in [6.07, 6.45) is 4.20. The zero-order chi connectivity index (χ0) is 22.9. The molecule has 3 rings (SSSR count). The summed E-state index contributed by atoms with van der Waals surface area (Å²) in [7, 11) is 0. The standard InChI is InChI=1S/C24H28N4O4/c25-26-15-16-10-12-18(13-11-16)27-23(31)19-8-4-5-9-20(19)24(32)28-21(14-22(29)30)17-6-2-1-3-7-17/h1-3,6-7,10-13,15,19-21H,4-5,8-9,14,25H2,(H,27,31)(H,28,32)(H,29,30). The van der Waals surface area contributed by atoms with Crippen LogP contribution in [0.5, 0.6) is 0 Å². The second kappa shape index (κ2) is 11.1. The minimum Gasteiger partial charge on any atom is -0.481 e. The number of carbonyl (C=O) groups excluding carboxylic acids is 2. The predicted molar refractivity (Wildman–Crippen MR) is 122 cm³/mol. The molecule has 0 aromatic heterocycles. The van der Waals surface area contributed by atoms with Crippen molar-refractivity contribution in [3.63, 3.8) is 0 Å². The van der Waals surface area contributed by atoms with Gasteiger partial charge in [-0.15, -0.1) is 0 Å². The molecule has 1 aliphatic carbocycles. The molecule has 8 nitrogen and oxygen atoms in total. The molecule has 2 amide bonds. The van der Waals surface area contributed by atoms with Crippen molar-refractivity contribution in [1.82, 2.24) is 5.32 Å². The van der Waals surface area contributed by atoms with Crippen LogP contribution in [0.4, 0.5) is 5.69 Å². The van der Waals surface area contributed by atoms with Gasteiger partial charge < -0.3 is 21.6 Å². The van der Waals surface area contributed by atoms with Crippen LogP contribution in [-0.2, 0) is 14.4 Å². The average molecular weight is 437 g/mol. The van der Waals surface area contributed by atoms with Crippen LogP contribution in [-0.4, -0.2) is 29.1 Å². The molecule has 1 aliphatic rings. The number of nitrogens with two attached hydrogens (primary N) is 1. The van der Waals surface area contributed by atoms with Gasteiger partial charge in [-0.05, 0) is 36.1 Å². The van der Waals surface area contributed by atoms with Crippen molar-refractivity contribution in [2.75, 3.05) is 5.32 Å². The van der Waals surface area contributed by atoms with Crippen molar-refractivity contribution in [3.8, 4) is 0 Å². The van der Waals surface area contributed by atoms with Crippen LogP contribution in [0.15, 0.2) is 59.7 Å². The Labute approximate surface area is 186 Å². The third-order valence-corrected chi connectivity index (χ3v) is 5.74. The van der Waals surface area contributed by atoms with Gasteiger partial charge in [-0.25, -0.2) is 0 Å². The van der Waals surface area contributed by atoms with Gasteiger partial charge in [0.2, 0.25) is 11.8 Å². The molecular formula is C24H28N4O4. The van der Waals surface area contributed by atoms with E-state index in [1.54, 1.807) is 48.5 Å². The summed E-state index contributed by atoms with van der Waals surface area (Å²) in [4.78, 5) is 37.5. The van der Waals surface area contributed by atoms with E-state index in [1.807, 2.05) is 6.07 Å². The van der Waals surface area contributed by atoms with E-state index >= 15 is 0 Å². The van der Waals surface area contributed by atoms with Gasteiger partial charge in [0.25, 0.3) is 0 Å². The molecule has 0 radical (unpaired) electrons. The van der Waals surface area contributed by atoms with E-state index in [1.165, 1.54) is 6.21 Å². The summed E-state index contributed by atoms with van der Waals surface area (Å²) >= 11 is 0. The van der Waals surface area contributed by atoms with Crippen molar-refractivity contribution >= 4 is 29.7 Å². The molecule has 0 bridgehead atoms. The van der Waals surface area contributed by atoms with Crippen LogP contribution in [0.1, 0.15) is 49.3 Å². The number of carbonyl (C=O) groups is 3. The first-order chi connectivity index (χ1) is 15.5. The van der Waals surface area contributed by atoms with Crippen molar-refractivity contribution < 1.29 is 19.5 Å². The number of aliphatic carboxylic acids is 1. The van der Waals surface area contributed by atoms with E-state index in [2.05, 4.69) is 15.7 Å². The molecule has 168 valence electrons. The van der Waals surface area contributed by atoms with E-state index in [0.717, 1.165) is 24.0 Å². The maximum Gasteiger partial charge on any atom is 0.305 e. The van der Waals surface area contributed by atoms with Gasteiger partial charge in [-0.3, -0.25) is 14.4 Å². The summed E-state index contributed by atoms with van der Waals surface area (Å²) in [5.41, 5.74) is 2.16. The summed E-state index contributed by atoms with van der Waals surface area (Å²) < 4.78 is 0. The third-order valence-electron chi connectivity index (χ3n) is 5.74. The molecule has 0 spiro atoms. The molecule has 2 aromatic carbocycles. The molecule has 5 N–H and O–H groups in total. The largest absolute Gasteiger partial charge is 0.481 e. The van der Waals surface area contributed by atoms with Crippen molar-refractivity contribution in [3.05, 3.63) is 65.7 Å². The first kappa shape index (κ1) is 23.0. The van der Waals surface area contributed by atoms with Gasteiger partial charge in [0, 0.05) is 17.5 Å². The van der Waals surface area contributed by atoms with Crippen LogP contribution in [0.3, 0.4) is 0 Å². The van der Waals surface area contributed by atoms with E-state index < -0.39 is 23.8 Å². The van der Waals surface area contributed by atoms with Gasteiger partial charge in [0.05, 0.1) is 18.7 Å². The lowest BCUT2D eigenvalue weighted by Gasteiger charge is -2.31. The minimum absolute atomic E-state index is 0.209. The highest BCUT2D eigenvalue weighted by Gasteiger charge is 2.36. The molecule has 8 heteroatoms. The highest BCUT2D eigenvalue weighted by atomic mass is 16.4. The normalized spacial score (nSPS) is 19.2. The number of carboxylic acid groups (broad SMARTS) is 1. The van der Waals surface area contributed by atoms with Crippen LogP contribution >= 0.6 is 0 Å². The number of amides is 2. The van der Waals surface area contributed by atoms with Crippen LogP contribution < -0.4 is 16.5 Å². The maximum atomic E-state index is 13.1. The maximum absolute atomic E-state index is 13.1. The smallest absolute Gasteiger partial charge is 0.305 e. The van der Waals surface area contributed by atoms with Crippen LogP contribution in [0.2, 0.25) is 0 Å². The number of hydrogen-bond acceptors (Lipinski definition) is 5. The number of nitrogens with zero attached hydrogens (tertiary/aromatic N) is 1. The summed E-state index contributed by atoms with van der Waals surface area (Å²) in [5, 5.41) is 18.5. The Kier molecular flexibility index (Phi) is 7.96. The van der Waals surface area contributed by atoms with E-state index in [-0.39, 0.29) is 18.2 Å². The van der Waals surface area contributed by atoms with Gasteiger partial charge >= 0.3 is 5.97 Å². The molecule has 2 aromatic rings. The lowest BCUT2D eigenvalue weighted by atomic mass is 9.78. The lowest BCUT2D eigenvalue weighted by molar-refractivity contribution is -0.139. The zero-order valence-electron chi connectivity index (χ0n) is 17.7. The number of hydrogen-bond donors (Lipinski definition) is 4. The number of anilines is 1. The number of benzene rings is 2. The Hall–Kier alpha value is -3.68. The predicted octanol–water partition coefficient (Wildman–Crippen LogP) is 3.06. The summed E-state index contributed by atoms with van der Waals surface area (Å²) in [6, 6.07) is 15.5. The molecule has 0 saturated heterocycles. The molecule has 1 fully saturated rings. The Morgan fingerprint density at radius 1 is 1.00 bits per heavy atom. The Morgan fingerprint density at radius 3 is 2.22 bits per heavy atom. The fraction of sp³-hybridized carbons (Fsp3) is 0.333. The quantitative estimate of drug-likeness (QED) is 0.287. The van der Waals surface area contributed by atoms with E-state index in [4.69, 9.17) is 5.84 Å². The van der Waals surface area contributed by atoms with Crippen LogP contribution in [0.25, 0.3) is 0 Å². The van der Waals surface area contributed by atoms with Gasteiger partial charge in [0.15, 0.2) is 0 Å². The highest BCUT2D eigenvalue weighted by Crippen LogP contribution is 2.32. The average Bonchev–Trinajstić information content (AvgIpc) is 2.80. The van der Waals surface area contributed by atoms with E-state index in [0.29, 0.717) is 18.5 Å². The van der Waals surface area contributed by atoms with Gasteiger partial charge in [-0.1, -0.05) is 55.3 Å². The highest BCUT2D eigenvalue weighted by molar-refractivity contribution is 5.96. The van der Waals surface area contributed by atoms with Crippen molar-refractivity contribution in [2.24, 2.45) is 22.8 Å². The summed E-state index contributed by atoms with van der Waals surface area (Å²) in [6.45, 7) is 0. The third kappa shape index (κ3) is 6.16. The number of rotatable bonds is 8. The summed E-state index contributed by atoms with van der Waals surface area (Å²) in [5.74, 6) is 2.67. The lowest BCUT2D eigenvalue weighted by Crippen LogP contribution is -2.43. The second-order valence-corrected chi connectivity index (χ2v) is 7.96. The SMILES string of the molecule is NN=Cc1ccc(NC(=O)C2CCCCC2C(=O)NC(CC(=O)O)c2ccccc2)cc1. The molecule has 3 unspecified atom stereocenters. The van der Waals surface area contributed by atoms with E-state index in [9.17, 15) is 19.5 Å². The number of hydrazone groups is 1. The zero-order valence-corrected chi connectivity index (χ0v) is 17.7. The minimum atomic E-state index is -1.000. The number of carboxylic acids is 1. The fourth-order valence-corrected chi connectivity index (χ4v) is 4.12. The van der Waals surface area contributed by atoms with Gasteiger partial charge in [-0.2, -0.15) is 5.10 Å². The van der Waals surface area contributed by atoms with Gasteiger partial charge in [0.1, 0.15) is 0 Å². The van der Waals surface area contributed by atoms with Crippen molar-refractivity contribution in [1.29, 1.82) is 0 Å². The molecular weight excluding hydrogens is 408 g/mol. The Morgan fingerprint density at radius 2 is 1.62 bits per heavy atom. The molecule has 1 saturated carbocycles. The molecule has 32 heavy (non-hydrogen) atoms. The molecule has 3 atom stereocenters. The fourth-order valence-electron chi connectivity index (χ4n) is 4.12. The monoisotopic (exact) mass is 436 g/mol.